The number of ether oxygens (including phenoxy) is 1. The van der Waals surface area contributed by atoms with Crippen molar-refractivity contribution in [3.63, 3.8) is 0 Å². The maximum absolute atomic E-state index is 12.5. The van der Waals surface area contributed by atoms with Crippen molar-refractivity contribution < 1.29 is 13.9 Å². The van der Waals surface area contributed by atoms with Crippen LogP contribution in [-0.4, -0.2) is 22.7 Å². The Hall–Kier alpha value is -3.14. The molecule has 0 aliphatic rings. The third-order valence-electron chi connectivity index (χ3n) is 4.44. The molecule has 0 saturated heterocycles. The number of amides is 1. The van der Waals surface area contributed by atoms with Crippen molar-refractivity contribution in [2.24, 2.45) is 0 Å². The number of hydrogen-bond donors (Lipinski definition) is 1. The van der Waals surface area contributed by atoms with Gasteiger partial charge < -0.3 is 14.5 Å². The van der Waals surface area contributed by atoms with Crippen molar-refractivity contribution in [1.82, 2.24) is 15.5 Å². The van der Waals surface area contributed by atoms with Crippen LogP contribution in [0, 0.1) is 11.3 Å². The predicted octanol–water partition coefficient (Wildman–Crippen LogP) is 4.59. The Morgan fingerprint density at radius 3 is 2.66 bits per heavy atom. The molecule has 29 heavy (non-hydrogen) atoms. The zero-order valence-electron chi connectivity index (χ0n) is 17.1. The van der Waals surface area contributed by atoms with Crippen LogP contribution in [0.4, 0.5) is 0 Å². The van der Waals surface area contributed by atoms with Gasteiger partial charge in [0.05, 0.1) is 12.6 Å². The first-order valence-electron chi connectivity index (χ1n) is 10.1. The van der Waals surface area contributed by atoms with Gasteiger partial charge in [0, 0.05) is 6.08 Å². The molecule has 1 aromatic heterocycles. The smallest absolute Gasteiger partial charge is 0.262 e. The number of benzene rings is 1. The number of nitrogens with zero attached hydrogens (tertiary/aromatic N) is 3. The van der Waals surface area contributed by atoms with E-state index in [1.807, 2.05) is 37.3 Å². The lowest BCUT2D eigenvalue weighted by molar-refractivity contribution is -0.117. The highest BCUT2D eigenvalue weighted by atomic mass is 16.5. The van der Waals surface area contributed by atoms with E-state index in [-0.39, 0.29) is 17.5 Å². The minimum Gasteiger partial charge on any atom is -0.494 e. The second-order valence-corrected chi connectivity index (χ2v) is 6.74. The first kappa shape index (κ1) is 22.2. The van der Waals surface area contributed by atoms with Crippen molar-refractivity contribution in [2.75, 3.05) is 6.61 Å². The van der Waals surface area contributed by atoms with Crippen LogP contribution in [0.5, 0.6) is 5.75 Å². The van der Waals surface area contributed by atoms with Crippen molar-refractivity contribution in [3.05, 3.63) is 47.7 Å². The van der Waals surface area contributed by atoms with Crippen LogP contribution >= 0.6 is 0 Å². The van der Waals surface area contributed by atoms with E-state index in [2.05, 4.69) is 22.4 Å². The molecule has 2 rings (SSSR count). The fourth-order valence-electron chi connectivity index (χ4n) is 2.88. The van der Waals surface area contributed by atoms with Gasteiger partial charge in [0.25, 0.3) is 5.91 Å². The highest BCUT2D eigenvalue weighted by Crippen LogP contribution is 2.22. The zero-order chi connectivity index (χ0) is 20.9. The van der Waals surface area contributed by atoms with Crippen molar-refractivity contribution in [3.8, 4) is 11.8 Å². The molecule has 7 heteroatoms. The molecule has 0 saturated carbocycles. The number of hydrogen-bond acceptors (Lipinski definition) is 6. The Labute approximate surface area is 171 Å². The molecule has 2 aromatic rings. The molecule has 7 nitrogen and oxygen atoms in total. The second kappa shape index (κ2) is 12.3. The van der Waals surface area contributed by atoms with Crippen LogP contribution in [0.1, 0.15) is 69.9 Å². The van der Waals surface area contributed by atoms with E-state index in [1.54, 1.807) is 0 Å². The normalized spacial score (nSPS) is 12.2. The first-order valence-corrected chi connectivity index (χ1v) is 10.1. The molecule has 1 N–H and O–H groups in total. The van der Waals surface area contributed by atoms with Crippen LogP contribution in [-0.2, 0) is 4.79 Å². The molecule has 0 radical (unpaired) electrons. The summed E-state index contributed by atoms with van der Waals surface area (Å²) in [4.78, 5) is 12.5. The minimum absolute atomic E-state index is 0.0811. The maximum Gasteiger partial charge on any atom is 0.262 e. The third-order valence-corrected chi connectivity index (χ3v) is 4.44. The standard InChI is InChI=1S/C22H28N4O3/c1-3-5-6-7-13-28-19-11-9-17(10-12-19)20(8-4-2)25-22(27)18(15-23)14-21-26-24-16-29-21/h9-12,14,16,20H,3-8,13H2,1-2H3,(H,25,27)/b18-14+. The summed E-state index contributed by atoms with van der Waals surface area (Å²) in [5, 5.41) is 19.4. The molecule has 0 aliphatic carbocycles. The molecule has 1 aromatic carbocycles. The summed E-state index contributed by atoms with van der Waals surface area (Å²) in [5.41, 5.74) is 0.885. The summed E-state index contributed by atoms with van der Waals surface area (Å²) in [6.45, 7) is 4.94. The lowest BCUT2D eigenvalue weighted by Crippen LogP contribution is -2.29. The molecule has 1 heterocycles. The van der Waals surface area contributed by atoms with Crippen LogP contribution in [0.3, 0.4) is 0 Å². The Bertz CT molecular complexity index is 808. The largest absolute Gasteiger partial charge is 0.494 e. The summed E-state index contributed by atoms with van der Waals surface area (Å²) in [6, 6.07) is 9.43. The summed E-state index contributed by atoms with van der Waals surface area (Å²) in [6.07, 6.45) is 8.72. The molecular weight excluding hydrogens is 368 g/mol. The number of carbonyl (C=O) groups excluding carboxylic acids is 1. The fraction of sp³-hybridized carbons (Fsp3) is 0.455. The quantitative estimate of drug-likeness (QED) is 0.320. The van der Waals surface area contributed by atoms with E-state index in [0.29, 0.717) is 6.61 Å². The van der Waals surface area contributed by atoms with Gasteiger partial charge >= 0.3 is 0 Å². The van der Waals surface area contributed by atoms with Gasteiger partial charge in [0.15, 0.2) is 0 Å². The van der Waals surface area contributed by atoms with Crippen molar-refractivity contribution in [2.45, 2.75) is 58.4 Å². The van der Waals surface area contributed by atoms with Gasteiger partial charge in [0.1, 0.15) is 17.4 Å². The Kier molecular flexibility index (Phi) is 9.43. The minimum atomic E-state index is -0.472. The Balaban J connectivity index is 1.99. The number of nitrogens with one attached hydrogen (secondary N) is 1. The predicted molar refractivity (Wildman–Crippen MR) is 110 cm³/mol. The summed E-state index contributed by atoms with van der Waals surface area (Å²) >= 11 is 0. The van der Waals surface area contributed by atoms with Gasteiger partial charge in [-0.15, -0.1) is 10.2 Å². The molecular formula is C22H28N4O3. The second-order valence-electron chi connectivity index (χ2n) is 6.74. The topological polar surface area (TPSA) is 101 Å². The van der Waals surface area contributed by atoms with Crippen LogP contribution in [0.25, 0.3) is 6.08 Å². The van der Waals surface area contributed by atoms with Crippen LogP contribution < -0.4 is 10.1 Å². The van der Waals surface area contributed by atoms with Gasteiger partial charge in [-0.05, 0) is 30.5 Å². The number of rotatable bonds is 12. The third kappa shape index (κ3) is 7.41. The fourth-order valence-corrected chi connectivity index (χ4v) is 2.88. The molecule has 154 valence electrons. The van der Waals surface area contributed by atoms with E-state index in [0.717, 1.165) is 37.0 Å². The van der Waals surface area contributed by atoms with E-state index in [9.17, 15) is 10.1 Å². The lowest BCUT2D eigenvalue weighted by Gasteiger charge is -2.19. The van der Waals surface area contributed by atoms with Gasteiger partial charge in [-0.3, -0.25) is 4.79 Å². The van der Waals surface area contributed by atoms with E-state index < -0.39 is 5.91 Å². The lowest BCUT2D eigenvalue weighted by atomic mass is 10.0. The molecule has 0 fully saturated rings. The average molecular weight is 396 g/mol. The van der Waals surface area contributed by atoms with Gasteiger partial charge in [-0.25, -0.2) is 0 Å². The van der Waals surface area contributed by atoms with E-state index in [4.69, 9.17) is 9.15 Å². The van der Waals surface area contributed by atoms with E-state index >= 15 is 0 Å². The molecule has 0 aliphatic heterocycles. The number of aromatic nitrogens is 2. The number of unbranched alkanes of at least 4 members (excludes halogenated alkanes) is 3. The molecule has 1 unspecified atom stereocenters. The summed E-state index contributed by atoms with van der Waals surface area (Å²) in [7, 11) is 0. The molecule has 0 spiro atoms. The van der Waals surface area contributed by atoms with E-state index in [1.165, 1.54) is 25.3 Å². The van der Waals surface area contributed by atoms with Gasteiger partial charge in [-0.1, -0.05) is 51.7 Å². The first-order chi connectivity index (χ1) is 14.2. The van der Waals surface area contributed by atoms with Gasteiger partial charge in [-0.2, -0.15) is 5.26 Å². The highest BCUT2D eigenvalue weighted by Gasteiger charge is 2.18. The zero-order valence-corrected chi connectivity index (χ0v) is 17.1. The average Bonchev–Trinajstić information content (AvgIpc) is 3.25. The number of nitriles is 1. The summed E-state index contributed by atoms with van der Waals surface area (Å²) < 4.78 is 10.8. The SMILES string of the molecule is CCCCCCOc1ccc(C(CCC)NC(=O)/C(C#N)=C/c2nnco2)cc1. The monoisotopic (exact) mass is 396 g/mol. The Morgan fingerprint density at radius 1 is 1.24 bits per heavy atom. The number of carbonyl (C=O) groups is 1. The molecule has 1 amide bonds. The van der Waals surface area contributed by atoms with Crippen LogP contribution in [0.2, 0.25) is 0 Å². The van der Waals surface area contributed by atoms with Crippen molar-refractivity contribution in [1.29, 1.82) is 5.26 Å². The molecule has 0 bridgehead atoms. The summed E-state index contributed by atoms with van der Waals surface area (Å²) in [5.74, 6) is 0.463. The van der Waals surface area contributed by atoms with Crippen LogP contribution in [0.15, 0.2) is 40.6 Å². The highest BCUT2D eigenvalue weighted by molar-refractivity contribution is 6.01. The Morgan fingerprint density at radius 2 is 2.03 bits per heavy atom. The molecule has 1 atom stereocenters. The maximum atomic E-state index is 12.5. The van der Waals surface area contributed by atoms with Crippen molar-refractivity contribution >= 4 is 12.0 Å². The van der Waals surface area contributed by atoms with Gasteiger partial charge in [0.2, 0.25) is 12.3 Å².